The number of aromatic hydroxyl groups is 1. The molecule has 246 valence electrons. The number of ether oxygens (including phenoxy) is 1. The number of carbonyl (C=O) groups is 1. The van der Waals surface area contributed by atoms with Gasteiger partial charge in [0.2, 0.25) is 5.91 Å². The fraction of sp³-hybridized carbons (Fsp3) is 0.474. The van der Waals surface area contributed by atoms with Crippen LogP contribution in [0.25, 0.3) is 33.4 Å². The summed E-state index contributed by atoms with van der Waals surface area (Å²) in [6, 6.07) is 14.7. The number of benzene rings is 2. The zero-order valence-electron chi connectivity index (χ0n) is 27.7. The maximum atomic E-state index is 12.6. The molecule has 1 amide bonds. The highest BCUT2D eigenvalue weighted by molar-refractivity contribution is 6.01. The average molecular weight is 626 g/mol. The standard InChI is InChI=1S/C38H51N5O3/c1-3-4-5-6-7-8-9-10-11-12-13-14-15-16-17-18-35(45)42-30-22-19-28(20-23-30)32-26-31(29-21-24-33(44)34(25-29)46-2)36-37(39)40-27-41-38(36)43-32/h19-27,44H,3-18H2,1-2H3,(H,42,45)(H2,39,40,41,43). The Balaban J connectivity index is 1.22. The predicted octanol–water partition coefficient (Wildman–Crippen LogP) is 9.86. The van der Waals surface area contributed by atoms with Crippen LogP contribution in [-0.4, -0.2) is 33.1 Å². The highest BCUT2D eigenvalue weighted by atomic mass is 16.5. The van der Waals surface area contributed by atoms with Gasteiger partial charge in [0.25, 0.3) is 0 Å². The molecular weight excluding hydrogens is 574 g/mol. The van der Waals surface area contributed by atoms with E-state index in [9.17, 15) is 9.90 Å². The lowest BCUT2D eigenvalue weighted by Crippen LogP contribution is -2.10. The smallest absolute Gasteiger partial charge is 0.224 e. The van der Waals surface area contributed by atoms with Gasteiger partial charge in [0.05, 0.1) is 18.2 Å². The number of aromatic nitrogens is 3. The second-order valence-corrected chi connectivity index (χ2v) is 12.2. The number of amides is 1. The lowest BCUT2D eigenvalue weighted by atomic mass is 9.99. The summed E-state index contributed by atoms with van der Waals surface area (Å²) in [5.41, 5.74) is 10.6. The Bertz CT molecular complexity index is 1520. The third kappa shape index (κ3) is 10.4. The van der Waals surface area contributed by atoms with Gasteiger partial charge < -0.3 is 20.9 Å². The van der Waals surface area contributed by atoms with E-state index in [1.54, 1.807) is 18.2 Å². The van der Waals surface area contributed by atoms with Crippen molar-refractivity contribution in [1.29, 1.82) is 0 Å². The summed E-state index contributed by atoms with van der Waals surface area (Å²) >= 11 is 0. The monoisotopic (exact) mass is 625 g/mol. The van der Waals surface area contributed by atoms with E-state index in [1.807, 2.05) is 30.3 Å². The fourth-order valence-electron chi connectivity index (χ4n) is 5.91. The molecule has 8 heteroatoms. The van der Waals surface area contributed by atoms with Crippen LogP contribution in [0.3, 0.4) is 0 Å². The third-order valence-corrected chi connectivity index (χ3v) is 8.60. The van der Waals surface area contributed by atoms with Crippen LogP contribution in [0, 0.1) is 0 Å². The van der Waals surface area contributed by atoms with E-state index in [2.05, 4.69) is 22.2 Å². The zero-order valence-corrected chi connectivity index (χ0v) is 27.7. The van der Waals surface area contributed by atoms with Crippen LogP contribution < -0.4 is 15.8 Å². The van der Waals surface area contributed by atoms with Crippen LogP contribution in [0.1, 0.15) is 110 Å². The van der Waals surface area contributed by atoms with Gasteiger partial charge in [-0.25, -0.2) is 15.0 Å². The highest BCUT2D eigenvalue weighted by Crippen LogP contribution is 2.37. The fourth-order valence-corrected chi connectivity index (χ4v) is 5.91. The minimum absolute atomic E-state index is 0.0435. The van der Waals surface area contributed by atoms with Gasteiger partial charge in [0.15, 0.2) is 17.1 Å². The molecular formula is C38H51N5O3. The number of nitrogen functional groups attached to an aromatic ring is 1. The number of methoxy groups -OCH3 is 1. The van der Waals surface area contributed by atoms with Gasteiger partial charge in [-0.1, -0.05) is 115 Å². The first-order chi connectivity index (χ1) is 22.5. The first-order valence-electron chi connectivity index (χ1n) is 17.2. The molecule has 4 N–H and O–H groups in total. The van der Waals surface area contributed by atoms with Crippen molar-refractivity contribution in [2.45, 2.75) is 110 Å². The summed E-state index contributed by atoms with van der Waals surface area (Å²) in [4.78, 5) is 25.9. The van der Waals surface area contributed by atoms with Crippen molar-refractivity contribution >= 4 is 28.4 Å². The number of anilines is 2. The molecule has 0 saturated carbocycles. The maximum Gasteiger partial charge on any atom is 0.224 e. The summed E-state index contributed by atoms with van der Waals surface area (Å²) in [5.74, 6) is 0.760. The first kappa shape index (κ1) is 34.7. The summed E-state index contributed by atoms with van der Waals surface area (Å²) in [5, 5.41) is 13.8. The van der Waals surface area contributed by atoms with Crippen LogP contribution in [0.15, 0.2) is 54.9 Å². The molecule has 0 saturated heterocycles. The molecule has 0 aliphatic carbocycles. The molecule has 0 unspecified atom stereocenters. The third-order valence-electron chi connectivity index (χ3n) is 8.60. The number of hydrogen-bond donors (Lipinski definition) is 3. The van der Waals surface area contributed by atoms with Gasteiger partial charge >= 0.3 is 0 Å². The van der Waals surface area contributed by atoms with Crippen molar-refractivity contribution in [3.05, 3.63) is 54.9 Å². The van der Waals surface area contributed by atoms with E-state index in [4.69, 9.17) is 15.5 Å². The number of unbranched alkanes of at least 4 members (excludes halogenated alkanes) is 14. The number of hydrogen-bond acceptors (Lipinski definition) is 7. The Morgan fingerprint density at radius 1 is 0.783 bits per heavy atom. The predicted molar refractivity (Wildman–Crippen MR) is 189 cm³/mol. The van der Waals surface area contributed by atoms with Gasteiger partial charge in [0.1, 0.15) is 12.1 Å². The normalized spacial score (nSPS) is 11.2. The van der Waals surface area contributed by atoms with Crippen molar-refractivity contribution in [1.82, 2.24) is 15.0 Å². The molecule has 46 heavy (non-hydrogen) atoms. The van der Waals surface area contributed by atoms with E-state index in [0.29, 0.717) is 34.7 Å². The lowest BCUT2D eigenvalue weighted by molar-refractivity contribution is -0.116. The first-order valence-corrected chi connectivity index (χ1v) is 17.2. The molecule has 0 atom stereocenters. The molecule has 0 spiro atoms. The topological polar surface area (TPSA) is 123 Å². The largest absolute Gasteiger partial charge is 0.504 e. The Morgan fingerprint density at radius 3 is 1.98 bits per heavy atom. The molecule has 4 rings (SSSR count). The van der Waals surface area contributed by atoms with Gasteiger partial charge in [-0.15, -0.1) is 0 Å². The number of nitrogens with one attached hydrogen (secondary N) is 1. The van der Waals surface area contributed by atoms with Gasteiger partial charge in [0, 0.05) is 17.7 Å². The number of pyridine rings is 1. The molecule has 2 heterocycles. The summed E-state index contributed by atoms with van der Waals surface area (Å²) in [6.45, 7) is 2.27. The van der Waals surface area contributed by atoms with E-state index in [1.165, 1.54) is 96.9 Å². The second kappa shape index (κ2) is 18.7. The highest BCUT2D eigenvalue weighted by Gasteiger charge is 2.15. The molecule has 0 aliphatic heterocycles. The molecule has 4 aromatic rings. The van der Waals surface area contributed by atoms with E-state index in [0.717, 1.165) is 35.2 Å². The lowest BCUT2D eigenvalue weighted by Gasteiger charge is -2.13. The number of phenols is 1. The van der Waals surface area contributed by atoms with Crippen LogP contribution in [-0.2, 0) is 4.79 Å². The average Bonchev–Trinajstić information content (AvgIpc) is 3.06. The molecule has 0 fully saturated rings. The van der Waals surface area contributed by atoms with Gasteiger partial charge in [-0.3, -0.25) is 4.79 Å². The number of phenolic OH excluding ortho intramolecular Hbond substituents is 1. The van der Waals surface area contributed by atoms with Crippen LogP contribution in [0.2, 0.25) is 0 Å². The summed E-state index contributed by atoms with van der Waals surface area (Å²) < 4.78 is 5.32. The van der Waals surface area contributed by atoms with Gasteiger partial charge in [-0.05, 0) is 47.9 Å². The summed E-state index contributed by atoms with van der Waals surface area (Å²) in [6.07, 6.45) is 21.6. The summed E-state index contributed by atoms with van der Waals surface area (Å²) in [7, 11) is 1.51. The number of nitrogens with two attached hydrogens (primary N) is 1. The van der Waals surface area contributed by atoms with Gasteiger partial charge in [-0.2, -0.15) is 0 Å². The van der Waals surface area contributed by atoms with E-state index in [-0.39, 0.29) is 11.7 Å². The zero-order chi connectivity index (χ0) is 32.6. The Kier molecular flexibility index (Phi) is 14.1. The van der Waals surface area contributed by atoms with Crippen molar-refractivity contribution in [3.8, 4) is 33.9 Å². The van der Waals surface area contributed by atoms with Crippen molar-refractivity contribution in [3.63, 3.8) is 0 Å². The molecule has 0 radical (unpaired) electrons. The van der Waals surface area contributed by atoms with Crippen molar-refractivity contribution in [2.75, 3.05) is 18.2 Å². The van der Waals surface area contributed by atoms with Crippen LogP contribution >= 0.6 is 0 Å². The SMILES string of the molecule is CCCCCCCCCCCCCCCCCC(=O)Nc1ccc(-c2cc(-c3ccc(O)c(OC)c3)c3c(N)ncnc3n2)cc1. The van der Waals surface area contributed by atoms with Crippen LogP contribution in [0.5, 0.6) is 11.5 Å². The molecule has 2 aromatic carbocycles. The van der Waals surface area contributed by atoms with Crippen molar-refractivity contribution in [2.24, 2.45) is 0 Å². The Hall–Kier alpha value is -4.20. The molecule has 2 aromatic heterocycles. The van der Waals surface area contributed by atoms with Crippen LogP contribution in [0.4, 0.5) is 11.5 Å². The van der Waals surface area contributed by atoms with E-state index < -0.39 is 0 Å². The maximum absolute atomic E-state index is 12.6. The number of carbonyl (C=O) groups excluding carboxylic acids is 1. The number of nitrogens with zero attached hydrogens (tertiary/aromatic N) is 3. The Morgan fingerprint density at radius 2 is 1.37 bits per heavy atom. The number of fused-ring (bicyclic) bond motifs is 1. The molecule has 8 nitrogen and oxygen atoms in total. The number of rotatable bonds is 20. The Labute approximate surface area is 274 Å². The molecule has 0 bridgehead atoms. The molecule has 0 aliphatic rings. The van der Waals surface area contributed by atoms with Crippen molar-refractivity contribution < 1.29 is 14.6 Å². The quantitative estimate of drug-likeness (QED) is 0.0835. The minimum atomic E-state index is 0.0435. The van der Waals surface area contributed by atoms with E-state index >= 15 is 0 Å². The minimum Gasteiger partial charge on any atom is -0.504 e. The second-order valence-electron chi connectivity index (χ2n) is 12.2.